The highest BCUT2D eigenvalue weighted by molar-refractivity contribution is 6.35. The fourth-order valence-corrected chi connectivity index (χ4v) is 5.95. The van der Waals surface area contributed by atoms with E-state index in [2.05, 4.69) is 20.2 Å². The molecule has 0 spiro atoms. The van der Waals surface area contributed by atoms with Gasteiger partial charge in [0.2, 0.25) is 5.91 Å². The maximum atomic E-state index is 14.8. The maximum absolute atomic E-state index is 14.8. The Morgan fingerprint density at radius 3 is 2.73 bits per heavy atom. The first-order chi connectivity index (χ1) is 17.7. The van der Waals surface area contributed by atoms with Crippen LogP contribution in [0.2, 0.25) is 10.0 Å². The van der Waals surface area contributed by atoms with Crippen LogP contribution < -0.4 is 16.6 Å². The molecule has 196 valence electrons. The van der Waals surface area contributed by atoms with E-state index in [9.17, 15) is 14.0 Å². The van der Waals surface area contributed by atoms with Gasteiger partial charge in [0.25, 0.3) is 5.56 Å². The lowest BCUT2D eigenvalue weighted by atomic mass is 9.93. The summed E-state index contributed by atoms with van der Waals surface area (Å²) in [5, 5.41) is 4.16. The van der Waals surface area contributed by atoms with Gasteiger partial charge in [-0.25, -0.2) is 9.37 Å². The molecule has 5 rings (SSSR count). The summed E-state index contributed by atoms with van der Waals surface area (Å²) in [5.74, 6) is -0.300. The van der Waals surface area contributed by atoms with Gasteiger partial charge in [-0.15, -0.1) is 0 Å². The van der Waals surface area contributed by atoms with Crippen molar-refractivity contribution in [2.24, 2.45) is 5.73 Å². The Balaban J connectivity index is 1.31. The highest BCUT2D eigenvalue weighted by atomic mass is 35.5. The van der Waals surface area contributed by atoms with Crippen molar-refractivity contribution in [3.8, 4) is 0 Å². The number of H-pyrrole nitrogens is 1. The van der Waals surface area contributed by atoms with E-state index in [0.29, 0.717) is 40.9 Å². The molecule has 1 atom stereocenters. The van der Waals surface area contributed by atoms with Crippen LogP contribution in [-0.4, -0.2) is 57.9 Å². The zero-order valence-corrected chi connectivity index (χ0v) is 22.0. The predicted octanol–water partition coefficient (Wildman–Crippen LogP) is 3.85. The molecule has 1 amide bonds. The van der Waals surface area contributed by atoms with Gasteiger partial charge in [-0.1, -0.05) is 23.2 Å². The second-order valence-corrected chi connectivity index (χ2v) is 10.6. The van der Waals surface area contributed by atoms with Crippen molar-refractivity contribution >= 4 is 45.7 Å². The lowest BCUT2D eigenvalue weighted by Gasteiger charge is -2.36. The van der Waals surface area contributed by atoms with Crippen LogP contribution in [0.3, 0.4) is 0 Å². The van der Waals surface area contributed by atoms with E-state index < -0.39 is 11.4 Å². The molecule has 2 aliphatic heterocycles. The molecule has 3 aromatic rings. The summed E-state index contributed by atoms with van der Waals surface area (Å²) in [5.41, 5.74) is 7.98. The van der Waals surface area contributed by atoms with Crippen LogP contribution in [0.1, 0.15) is 42.8 Å². The Morgan fingerprint density at radius 1 is 1.22 bits per heavy atom. The van der Waals surface area contributed by atoms with Crippen LogP contribution in [0, 0.1) is 5.82 Å². The summed E-state index contributed by atoms with van der Waals surface area (Å²) in [6.45, 7) is 4.46. The number of anilines is 1. The fourth-order valence-electron chi connectivity index (χ4n) is 5.26. The van der Waals surface area contributed by atoms with Crippen LogP contribution in [0.5, 0.6) is 0 Å². The number of piperidine rings is 1. The molecule has 11 heteroatoms. The number of rotatable bonds is 5. The molecule has 8 nitrogen and oxygen atoms in total. The summed E-state index contributed by atoms with van der Waals surface area (Å²) in [4.78, 5) is 36.9. The van der Waals surface area contributed by atoms with Gasteiger partial charge in [0.05, 0.1) is 35.7 Å². The minimum atomic E-state index is -0.625. The molecular weight excluding hydrogens is 518 g/mol. The topological polar surface area (TPSA) is 107 Å². The molecule has 0 saturated carbocycles. The highest BCUT2D eigenvalue weighted by Crippen LogP contribution is 2.37. The minimum absolute atomic E-state index is 0.114. The van der Waals surface area contributed by atoms with Crippen molar-refractivity contribution in [3.05, 3.63) is 67.4 Å². The van der Waals surface area contributed by atoms with Crippen LogP contribution >= 0.6 is 23.2 Å². The number of likely N-dealkylation sites (tertiary alicyclic amines) is 1. The van der Waals surface area contributed by atoms with E-state index >= 15 is 0 Å². The molecular formula is C26H29Cl2FN6O2. The molecule has 3 heterocycles. The Kier molecular flexibility index (Phi) is 7.40. The van der Waals surface area contributed by atoms with Gasteiger partial charge in [-0.2, -0.15) is 0 Å². The van der Waals surface area contributed by atoms with Gasteiger partial charge >= 0.3 is 0 Å². The summed E-state index contributed by atoms with van der Waals surface area (Å²) >= 11 is 12.6. The molecule has 4 N–H and O–H groups in total. The second kappa shape index (κ2) is 10.6. The monoisotopic (exact) mass is 546 g/mol. The van der Waals surface area contributed by atoms with Crippen LogP contribution in [0.15, 0.2) is 29.1 Å². The zero-order chi connectivity index (χ0) is 26.3. The highest BCUT2D eigenvalue weighted by Gasteiger charge is 2.29. The Hall–Kier alpha value is -2.72. The first-order valence-corrected chi connectivity index (χ1v) is 13.2. The Labute approximate surface area is 223 Å². The maximum Gasteiger partial charge on any atom is 0.258 e. The van der Waals surface area contributed by atoms with E-state index in [-0.39, 0.29) is 35.6 Å². The van der Waals surface area contributed by atoms with E-state index in [1.54, 1.807) is 11.0 Å². The number of carbonyl (C=O) groups excluding carboxylic acids is 1. The normalized spacial score (nSPS) is 18.7. The van der Waals surface area contributed by atoms with E-state index in [1.165, 1.54) is 6.07 Å². The summed E-state index contributed by atoms with van der Waals surface area (Å²) in [7, 11) is 0. The number of hydrogen-bond acceptors (Lipinski definition) is 6. The molecule has 1 saturated heterocycles. The zero-order valence-electron chi connectivity index (χ0n) is 20.5. The lowest BCUT2D eigenvalue weighted by molar-refractivity contribution is -0.131. The lowest BCUT2D eigenvalue weighted by Crippen LogP contribution is -2.42. The third-order valence-electron chi connectivity index (χ3n) is 7.29. The number of fused-ring (bicyclic) bond motifs is 2. The van der Waals surface area contributed by atoms with Crippen molar-refractivity contribution in [3.63, 3.8) is 0 Å². The molecule has 2 aliphatic rings. The quantitative estimate of drug-likeness (QED) is 0.448. The predicted molar refractivity (Wildman–Crippen MR) is 144 cm³/mol. The number of nitrogens with zero attached hydrogens (tertiary/aromatic N) is 3. The number of nitrogens with two attached hydrogens (primary N) is 1. The molecule has 1 unspecified atom stereocenters. The van der Waals surface area contributed by atoms with E-state index in [0.717, 1.165) is 43.1 Å². The third kappa shape index (κ3) is 5.45. The van der Waals surface area contributed by atoms with Crippen molar-refractivity contribution in [2.75, 3.05) is 31.5 Å². The van der Waals surface area contributed by atoms with Gasteiger partial charge in [-0.05, 0) is 61.6 Å². The number of nitrogens with one attached hydrogen (secondary N) is 2. The average Bonchev–Trinajstić information content (AvgIpc) is 2.84. The molecule has 0 bridgehead atoms. The second-order valence-electron chi connectivity index (χ2n) is 9.80. The molecule has 0 aliphatic carbocycles. The molecule has 37 heavy (non-hydrogen) atoms. The number of halogens is 3. The number of amides is 1. The minimum Gasteiger partial charge on any atom is -0.374 e. The number of aromatic nitrogens is 2. The smallest absolute Gasteiger partial charge is 0.258 e. The van der Waals surface area contributed by atoms with Crippen LogP contribution in [0.25, 0.3) is 10.9 Å². The molecule has 1 fully saturated rings. The van der Waals surface area contributed by atoms with E-state index in [4.69, 9.17) is 28.9 Å². The average molecular weight is 547 g/mol. The van der Waals surface area contributed by atoms with Crippen molar-refractivity contribution < 1.29 is 9.18 Å². The Morgan fingerprint density at radius 2 is 1.97 bits per heavy atom. The Bertz CT molecular complexity index is 1410. The van der Waals surface area contributed by atoms with Gasteiger partial charge < -0.3 is 20.9 Å². The van der Waals surface area contributed by atoms with E-state index in [1.807, 2.05) is 13.0 Å². The number of carbonyl (C=O) groups is 1. The van der Waals surface area contributed by atoms with Gasteiger partial charge in [0.1, 0.15) is 11.6 Å². The van der Waals surface area contributed by atoms with Crippen LogP contribution in [0.4, 0.5) is 10.1 Å². The largest absolute Gasteiger partial charge is 0.374 e. The molecule has 0 radical (unpaired) electrons. The first-order valence-electron chi connectivity index (χ1n) is 12.4. The summed E-state index contributed by atoms with van der Waals surface area (Å²) < 4.78 is 14.8. The van der Waals surface area contributed by atoms with Gasteiger partial charge in [-0.3, -0.25) is 14.5 Å². The number of benzene rings is 2. The first kappa shape index (κ1) is 25.9. The third-order valence-corrected chi connectivity index (χ3v) is 7.82. The number of aromatic amines is 1. The summed E-state index contributed by atoms with van der Waals surface area (Å²) in [6, 6.07) is 6.16. The van der Waals surface area contributed by atoms with Gasteiger partial charge in [0.15, 0.2) is 0 Å². The molecule has 2 aromatic carbocycles. The molecule has 1 aromatic heterocycles. The van der Waals surface area contributed by atoms with Crippen LogP contribution in [-0.2, 0) is 17.8 Å². The van der Waals surface area contributed by atoms with Crippen molar-refractivity contribution in [2.45, 2.75) is 44.8 Å². The number of hydrogen-bond donors (Lipinski definition) is 3. The SMILES string of the molecule is CC1c2c(Cl)cc(Cl)cc2CCN1C(=O)CNc1cc2nc(CN3CCC(N)CC3)[nH]c(=O)c2cc1F. The van der Waals surface area contributed by atoms with Crippen molar-refractivity contribution in [1.82, 2.24) is 19.8 Å². The summed E-state index contributed by atoms with van der Waals surface area (Å²) in [6.07, 6.45) is 2.42. The van der Waals surface area contributed by atoms with Crippen molar-refractivity contribution in [1.29, 1.82) is 0 Å². The van der Waals surface area contributed by atoms with Gasteiger partial charge in [0, 0.05) is 35.7 Å². The fraction of sp³-hybridized carbons (Fsp3) is 0.423. The standard InChI is InChI=1S/C26H29Cl2FN6O2/c1-14-25-15(8-16(27)9-19(25)28)2-7-35(14)24(36)12-31-22-11-21-18(10-20(22)29)26(37)33-23(32-21)13-34-5-3-17(30)4-6-34/h8-11,14,17,31H,2-7,12-13,30H2,1H3,(H,32,33,37).